The molecule has 0 aromatic rings. The molecule has 0 spiro atoms. The van der Waals surface area contributed by atoms with Crippen LogP contribution in [0, 0.1) is 23.7 Å². The van der Waals surface area contributed by atoms with E-state index in [4.69, 9.17) is 9.47 Å². The molecule has 2 aliphatic rings. The van der Waals surface area contributed by atoms with Gasteiger partial charge in [0.25, 0.3) is 0 Å². The van der Waals surface area contributed by atoms with Crippen molar-refractivity contribution in [3.63, 3.8) is 0 Å². The molecule has 1 N–H and O–H groups in total. The van der Waals surface area contributed by atoms with E-state index in [1.54, 1.807) is 0 Å². The molecule has 0 heterocycles. The van der Waals surface area contributed by atoms with E-state index >= 15 is 0 Å². The number of unbranched alkanes of at least 4 members (excludes halogenated alkanes) is 18. The Kier molecular flexibility index (Phi) is 24.8. The van der Waals surface area contributed by atoms with Gasteiger partial charge >= 0.3 is 11.9 Å². The minimum Gasteiger partial charge on any atom is -0.463 e. The fourth-order valence-corrected chi connectivity index (χ4v) is 7.39. The van der Waals surface area contributed by atoms with E-state index < -0.39 is 6.10 Å². The number of carbonyl (C=O) groups excluding carboxylic acids is 2. The molecule has 270 valence electrons. The van der Waals surface area contributed by atoms with Gasteiger partial charge in [0.15, 0.2) is 0 Å². The Labute approximate surface area is 285 Å². The largest absolute Gasteiger partial charge is 0.463 e. The Hall–Kier alpha value is -1.10. The molecule has 0 saturated heterocycles. The second kappa shape index (κ2) is 27.8. The molecule has 46 heavy (non-hydrogen) atoms. The molecule has 0 aliphatic heterocycles. The molecule has 0 amide bonds. The third-order valence-electron chi connectivity index (χ3n) is 10.8. The van der Waals surface area contributed by atoms with Gasteiger partial charge in [-0.2, -0.15) is 0 Å². The van der Waals surface area contributed by atoms with Crippen molar-refractivity contribution in [1.82, 2.24) is 0 Å². The van der Waals surface area contributed by atoms with Crippen molar-refractivity contribution in [2.75, 3.05) is 13.2 Å². The first-order valence-electron chi connectivity index (χ1n) is 20.5. The van der Waals surface area contributed by atoms with E-state index in [9.17, 15) is 14.7 Å². The summed E-state index contributed by atoms with van der Waals surface area (Å²) in [4.78, 5) is 24.0. The van der Waals surface area contributed by atoms with Crippen LogP contribution in [0.15, 0.2) is 0 Å². The summed E-state index contributed by atoms with van der Waals surface area (Å²) >= 11 is 0. The van der Waals surface area contributed by atoms with Crippen molar-refractivity contribution < 1.29 is 24.2 Å². The molecule has 0 aromatic carbocycles. The van der Waals surface area contributed by atoms with Gasteiger partial charge in [-0.15, -0.1) is 0 Å². The van der Waals surface area contributed by atoms with Gasteiger partial charge in [-0.25, -0.2) is 0 Å². The van der Waals surface area contributed by atoms with Crippen molar-refractivity contribution in [3.8, 4) is 0 Å². The number of carbonyl (C=O) groups is 2. The minimum atomic E-state index is -0.951. The van der Waals surface area contributed by atoms with Gasteiger partial charge in [0, 0.05) is 12.8 Å². The highest BCUT2D eigenvalue weighted by atomic mass is 16.6. The van der Waals surface area contributed by atoms with E-state index in [2.05, 4.69) is 13.8 Å². The van der Waals surface area contributed by atoms with Crippen LogP contribution in [0.4, 0.5) is 0 Å². The summed E-state index contributed by atoms with van der Waals surface area (Å²) in [5, 5.41) is 10.0. The highest BCUT2D eigenvalue weighted by Gasteiger charge is 2.35. The molecular formula is C41H76O5. The topological polar surface area (TPSA) is 72.8 Å². The number of aliphatic hydroxyl groups is 1. The van der Waals surface area contributed by atoms with E-state index in [0.717, 1.165) is 49.4 Å². The van der Waals surface area contributed by atoms with Crippen LogP contribution >= 0.6 is 0 Å². The summed E-state index contributed by atoms with van der Waals surface area (Å²) in [5.74, 6) is 3.49. The van der Waals surface area contributed by atoms with Crippen LogP contribution in [0.2, 0.25) is 0 Å². The van der Waals surface area contributed by atoms with Gasteiger partial charge in [0.2, 0.25) is 0 Å². The van der Waals surface area contributed by atoms with Gasteiger partial charge in [0.05, 0.1) is 0 Å². The fraction of sp³-hybridized carbons (Fsp3) is 0.951. The summed E-state index contributed by atoms with van der Waals surface area (Å²) in [7, 11) is 0. The zero-order valence-electron chi connectivity index (χ0n) is 30.6. The highest BCUT2D eigenvalue weighted by Crippen LogP contribution is 2.46. The SMILES string of the molecule is CCCCCCCC[C@@H]1C[C@@H]1CCCCCCCC(=O)OCC(O)COC(=O)CCCCCCC[C@H]1C[C@H]1CCCCCCCC. The van der Waals surface area contributed by atoms with Crippen molar-refractivity contribution in [1.29, 1.82) is 0 Å². The third-order valence-corrected chi connectivity index (χ3v) is 10.8. The smallest absolute Gasteiger partial charge is 0.305 e. The lowest BCUT2D eigenvalue weighted by Crippen LogP contribution is -2.25. The second-order valence-electron chi connectivity index (χ2n) is 15.3. The van der Waals surface area contributed by atoms with Gasteiger partial charge in [-0.3, -0.25) is 9.59 Å². The molecule has 2 aliphatic carbocycles. The van der Waals surface area contributed by atoms with E-state index in [-0.39, 0.29) is 25.2 Å². The van der Waals surface area contributed by atoms with Crippen LogP contribution in [0.1, 0.15) is 206 Å². The quantitative estimate of drug-likeness (QED) is 0.0555. The van der Waals surface area contributed by atoms with Crippen LogP contribution < -0.4 is 0 Å². The Morgan fingerprint density at radius 2 is 0.761 bits per heavy atom. The molecule has 0 radical (unpaired) electrons. The molecule has 5 nitrogen and oxygen atoms in total. The van der Waals surface area contributed by atoms with Crippen molar-refractivity contribution in [2.45, 2.75) is 213 Å². The summed E-state index contributed by atoms with van der Waals surface area (Å²) in [6, 6.07) is 0. The number of rotatable bonds is 34. The number of ether oxygens (including phenoxy) is 2. The predicted octanol–water partition coefficient (Wildman–Crippen LogP) is 11.7. The van der Waals surface area contributed by atoms with Crippen LogP contribution in [-0.4, -0.2) is 36.4 Å². The molecule has 4 atom stereocenters. The number of hydrogen-bond acceptors (Lipinski definition) is 5. The summed E-state index contributed by atoms with van der Waals surface area (Å²) in [6.07, 6.45) is 36.7. The first kappa shape index (κ1) is 41.1. The van der Waals surface area contributed by atoms with E-state index in [1.807, 2.05) is 0 Å². The van der Waals surface area contributed by atoms with Gasteiger partial charge < -0.3 is 14.6 Å². The standard InChI is InChI=1S/C41H76O5/c1-3-5-7-9-13-19-25-35-31-37(35)27-21-15-11-17-23-29-40(43)45-33-39(42)34-46-41(44)30-24-18-12-16-22-28-38-32-36(38)26-20-14-10-8-6-4-2/h35-39,42H,3-34H2,1-2H3/t35-,36-,37+,38+/m1/s1. The predicted molar refractivity (Wildman–Crippen MR) is 192 cm³/mol. The monoisotopic (exact) mass is 649 g/mol. The van der Waals surface area contributed by atoms with Crippen LogP contribution in [0.5, 0.6) is 0 Å². The fourth-order valence-electron chi connectivity index (χ4n) is 7.39. The molecule has 0 bridgehead atoms. The van der Waals surface area contributed by atoms with E-state index in [0.29, 0.717) is 12.8 Å². The van der Waals surface area contributed by atoms with Crippen molar-refractivity contribution in [3.05, 3.63) is 0 Å². The first-order chi connectivity index (χ1) is 22.5. The van der Waals surface area contributed by atoms with E-state index in [1.165, 1.54) is 154 Å². The number of aliphatic hydroxyl groups excluding tert-OH is 1. The molecule has 0 unspecified atom stereocenters. The number of esters is 2. The average Bonchev–Trinajstić information content (AvgIpc) is 3.98. The zero-order chi connectivity index (χ0) is 33.1. The third kappa shape index (κ3) is 23.3. The minimum absolute atomic E-state index is 0.103. The second-order valence-corrected chi connectivity index (χ2v) is 15.3. The maximum Gasteiger partial charge on any atom is 0.305 e. The molecule has 5 heteroatoms. The first-order valence-corrected chi connectivity index (χ1v) is 20.5. The Morgan fingerprint density at radius 3 is 1.09 bits per heavy atom. The summed E-state index contributed by atoms with van der Waals surface area (Å²) in [6.45, 7) is 4.35. The molecule has 2 rings (SSSR count). The Balaban J connectivity index is 1.27. The number of hydrogen-bond donors (Lipinski definition) is 1. The van der Waals surface area contributed by atoms with Crippen LogP contribution in [0.3, 0.4) is 0 Å². The average molecular weight is 649 g/mol. The van der Waals surface area contributed by atoms with Crippen molar-refractivity contribution >= 4 is 11.9 Å². The van der Waals surface area contributed by atoms with Gasteiger partial charge in [0.1, 0.15) is 19.3 Å². The van der Waals surface area contributed by atoms with Gasteiger partial charge in [-0.05, 0) is 49.4 Å². The van der Waals surface area contributed by atoms with Crippen LogP contribution in [0.25, 0.3) is 0 Å². The normalized spacial score (nSPS) is 20.3. The Morgan fingerprint density at radius 1 is 0.478 bits per heavy atom. The maximum atomic E-state index is 12.0. The maximum absolute atomic E-state index is 12.0. The van der Waals surface area contributed by atoms with Gasteiger partial charge in [-0.1, -0.05) is 168 Å². The lowest BCUT2D eigenvalue weighted by molar-refractivity contribution is -0.152. The zero-order valence-corrected chi connectivity index (χ0v) is 30.6. The van der Waals surface area contributed by atoms with Crippen LogP contribution in [-0.2, 0) is 19.1 Å². The molecular weight excluding hydrogens is 572 g/mol. The summed E-state index contributed by atoms with van der Waals surface area (Å²) < 4.78 is 10.4. The molecule has 2 fully saturated rings. The molecule has 2 saturated carbocycles. The lowest BCUT2D eigenvalue weighted by atomic mass is 10.0. The lowest BCUT2D eigenvalue weighted by Gasteiger charge is -2.12. The summed E-state index contributed by atoms with van der Waals surface area (Å²) in [5.41, 5.74) is 0. The highest BCUT2D eigenvalue weighted by molar-refractivity contribution is 5.69. The Bertz CT molecular complexity index is 678. The van der Waals surface area contributed by atoms with Crippen molar-refractivity contribution in [2.24, 2.45) is 23.7 Å². The molecule has 0 aromatic heterocycles.